The van der Waals surface area contributed by atoms with Crippen molar-refractivity contribution in [1.82, 2.24) is 29.7 Å². The molecular formula is C26H35F3N8O4. The minimum absolute atomic E-state index is 0.0288. The summed E-state index contributed by atoms with van der Waals surface area (Å²) in [5.74, 6) is 0.107. The maximum Gasteiger partial charge on any atom is 0.401 e. The van der Waals surface area contributed by atoms with Crippen molar-refractivity contribution in [3.8, 4) is 0 Å². The Morgan fingerprint density at radius 3 is 2.49 bits per heavy atom. The van der Waals surface area contributed by atoms with Crippen LogP contribution in [0, 0.1) is 0 Å². The first-order valence-corrected chi connectivity index (χ1v) is 13.1. The Morgan fingerprint density at radius 1 is 1.12 bits per heavy atom. The second kappa shape index (κ2) is 12.1. The van der Waals surface area contributed by atoms with Crippen LogP contribution in [0.1, 0.15) is 39.0 Å². The fourth-order valence-electron chi connectivity index (χ4n) is 4.64. The Hall–Kier alpha value is -3.53. The molecule has 3 heterocycles. The van der Waals surface area contributed by atoms with Crippen molar-refractivity contribution in [2.24, 2.45) is 0 Å². The van der Waals surface area contributed by atoms with Gasteiger partial charge in [0.25, 0.3) is 0 Å². The van der Waals surface area contributed by atoms with Gasteiger partial charge in [-0.25, -0.2) is 19.7 Å². The fraction of sp³-hybridized carbons (Fsp3) is 0.538. The lowest BCUT2D eigenvalue weighted by Gasteiger charge is -2.27. The number of urea groups is 1. The molecule has 0 bridgehead atoms. The molecule has 1 fully saturated rings. The highest BCUT2D eigenvalue weighted by atomic mass is 19.4. The van der Waals surface area contributed by atoms with Crippen LogP contribution in [0.15, 0.2) is 36.9 Å². The Kier molecular flexibility index (Phi) is 9.01. The maximum absolute atomic E-state index is 13.3. The number of anilines is 2. The van der Waals surface area contributed by atoms with Crippen LogP contribution in [0.5, 0.6) is 0 Å². The molecule has 224 valence electrons. The Bertz CT molecular complexity index is 1330. The summed E-state index contributed by atoms with van der Waals surface area (Å²) in [7, 11) is 0. The van der Waals surface area contributed by atoms with Crippen LogP contribution in [0.2, 0.25) is 0 Å². The number of benzene rings is 1. The predicted molar refractivity (Wildman–Crippen MR) is 145 cm³/mol. The Labute approximate surface area is 234 Å². The number of carbonyl (C=O) groups excluding carboxylic acids is 1. The number of nitrogens with two attached hydrogens (primary N) is 1. The van der Waals surface area contributed by atoms with Crippen LogP contribution in [0.3, 0.4) is 0 Å². The van der Waals surface area contributed by atoms with E-state index in [0.29, 0.717) is 5.69 Å². The fourth-order valence-corrected chi connectivity index (χ4v) is 4.64. The highest BCUT2D eigenvalue weighted by Gasteiger charge is 2.45. The lowest BCUT2D eigenvalue weighted by molar-refractivity contribution is -0.151. The van der Waals surface area contributed by atoms with Gasteiger partial charge >= 0.3 is 12.2 Å². The number of fused-ring (bicyclic) bond motifs is 1. The second-order valence-electron chi connectivity index (χ2n) is 11.0. The molecule has 12 nitrogen and oxygen atoms in total. The molecule has 41 heavy (non-hydrogen) atoms. The zero-order valence-electron chi connectivity index (χ0n) is 23.0. The average molecular weight is 581 g/mol. The molecule has 4 atom stereocenters. The molecule has 15 heteroatoms. The van der Waals surface area contributed by atoms with E-state index in [-0.39, 0.29) is 48.5 Å². The van der Waals surface area contributed by atoms with E-state index >= 15 is 0 Å². The molecule has 2 amide bonds. The Balaban J connectivity index is 1.32. The lowest BCUT2D eigenvalue weighted by Crippen LogP contribution is -2.44. The minimum Gasteiger partial charge on any atom is -0.387 e. The topological polar surface area (TPSA) is 164 Å². The molecule has 0 spiro atoms. The highest BCUT2D eigenvalue weighted by Crippen LogP contribution is 2.33. The van der Waals surface area contributed by atoms with Gasteiger partial charge in [-0.05, 0) is 29.5 Å². The summed E-state index contributed by atoms with van der Waals surface area (Å²) in [6.45, 7) is 4.73. The summed E-state index contributed by atoms with van der Waals surface area (Å²) < 4.78 is 47.2. The number of imidazole rings is 1. The highest BCUT2D eigenvalue weighted by molar-refractivity contribution is 5.89. The number of aliphatic hydroxyl groups excluding tert-OH is 2. The number of amides is 2. The van der Waals surface area contributed by atoms with Crippen LogP contribution in [0.4, 0.5) is 29.5 Å². The van der Waals surface area contributed by atoms with Crippen molar-refractivity contribution in [2.45, 2.75) is 63.3 Å². The van der Waals surface area contributed by atoms with E-state index in [1.807, 2.05) is 12.1 Å². The van der Waals surface area contributed by atoms with Crippen molar-refractivity contribution in [2.75, 3.05) is 37.2 Å². The zero-order chi connectivity index (χ0) is 29.9. The molecule has 0 aliphatic carbocycles. The van der Waals surface area contributed by atoms with E-state index in [1.54, 1.807) is 12.1 Å². The molecule has 2 aromatic heterocycles. The van der Waals surface area contributed by atoms with E-state index < -0.39 is 43.3 Å². The average Bonchev–Trinajstić information content (AvgIpc) is 3.43. The number of aromatic nitrogens is 4. The van der Waals surface area contributed by atoms with Gasteiger partial charge in [-0.1, -0.05) is 32.9 Å². The standard InChI is InChI=1S/C26H35F3N8O4/c1-25(2,3)15-5-7-16(8-6-15)35-24(40)31-9-4-10-36(12-26(27,28)29)11-17-19(38)20(39)23(41-17)37-14-34-18-21(30)32-13-33-22(18)37/h5-8,13-14,17,19-20,23,38-39H,4,9-12H2,1-3H3,(H2,30,32,33)(H2,31,35,40)/t17-,19-,20-,23+/m1/s1. The third-order valence-corrected chi connectivity index (χ3v) is 6.78. The quantitative estimate of drug-likeness (QED) is 0.239. The monoisotopic (exact) mass is 580 g/mol. The first-order valence-electron chi connectivity index (χ1n) is 13.1. The van der Waals surface area contributed by atoms with Crippen LogP contribution in [0.25, 0.3) is 11.2 Å². The van der Waals surface area contributed by atoms with E-state index in [0.717, 1.165) is 10.5 Å². The number of ether oxygens (including phenoxy) is 1. The number of nitrogens with one attached hydrogen (secondary N) is 2. The van der Waals surface area contributed by atoms with E-state index in [2.05, 4.69) is 46.4 Å². The van der Waals surface area contributed by atoms with Gasteiger partial charge < -0.3 is 31.3 Å². The number of carbonyl (C=O) groups is 1. The summed E-state index contributed by atoms with van der Waals surface area (Å²) in [5.41, 5.74) is 7.98. The van der Waals surface area contributed by atoms with Crippen LogP contribution in [-0.2, 0) is 10.2 Å². The Morgan fingerprint density at radius 2 is 1.83 bits per heavy atom. The molecule has 3 aromatic rings. The molecule has 1 aliphatic heterocycles. The largest absolute Gasteiger partial charge is 0.401 e. The summed E-state index contributed by atoms with van der Waals surface area (Å²) in [5, 5.41) is 26.6. The molecular weight excluding hydrogens is 545 g/mol. The molecule has 0 radical (unpaired) electrons. The number of aliphatic hydroxyl groups is 2. The van der Waals surface area contributed by atoms with Gasteiger partial charge in [-0.3, -0.25) is 9.47 Å². The summed E-state index contributed by atoms with van der Waals surface area (Å²) in [6, 6.07) is 6.94. The number of hydrogen-bond acceptors (Lipinski definition) is 9. The number of hydrogen-bond donors (Lipinski definition) is 5. The molecule has 4 rings (SSSR count). The third kappa shape index (κ3) is 7.61. The summed E-state index contributed by atoms with van der Waals surface area (Å²) >= 11 is 0. The van der Waals surface area contributed by atoms with Gasteiger partial charge in [-0.15, -0.1) is 0 Å². The number of nitrogens with zero attached hydrogens (tertiary/aromatic N) is 5. The third-order valence-electron chi connectivity index (χ3n) is 6.78. The van der Waals surface area contributed by atoms with Gasteiger partial charge in [0.15, 0.2) is 17.7 Å². The van der Waals surface area contributed by atoms with Crippen molar-refractivity contribution in [3.05, 3.63) is 42.5 Å². The molecule has 0 saturated carbocycles. The first kappa shape index (κ1) is 30.4. The van der Waals surface area contributed by atoms with Crippen LogP contribution >= 0.6 is 0 Å². The summed E-state index contributed by atoms with van der Waals surface area (Å²) in [4.78, 5) is 25.4. The maximum atomic E-state index is 13.3. The van der Waals surface area contributed by atoms with Crippen LogP contribution in [-0.4, -0.2) is 91.3 Å². The normalized spacial score (nSPS) is 21.5. The molecule has 6 N–H and O–H groups in total. The predicted octanol–water partition coefficient (Wildman–Crippen LogP) is 2.40. The molecule has 1 aromatic carbocycles. The van der Waals surface area contributed by atoms with E-state index in [4.69, 9.17) is 10.5 Å². The van der Waals surface area contributed by atoms with Gasteiger partial charge in [0.2, 0.25) is 0 Å². The SMILES string of the molecule is CC(C)(C)c1ccc(NC(=O)NCCCN(C[C@H]2O[C@H](n3cnc4c(N)ncnc43)[C@H](O)[C@@H]2O)CC(F)(F)F)cc1. The second-order valence-corrected chi connectivity index (χ2v) is 11.0. The zero-order valence-corrected chi connectivity index (χ0v) is 23.0. The lowest BCUT2D eigenvalue weighted by atomic mass is 9.87. The number of alkyl halides is 3. The minimum atomic E-state index is -4.51. The van der Waals surface area contributed by atoms with Gasteiger partial charge in [0.1, 0.15) is 30.2 Å². The smallest absolute Gasteiger partial charge is 0.387 e. The molecule has 0 unspecified atom stereocenters. The van der Waals surface area contributed by atoms with Crippen LogP contribution < -0.4 is 16.4 Å². The van der Waals surface area contributed by atoms with Crippen molar-refractivity contribution >= 4 is 28.7 Å². The number of rotatable bonds is 9. The van der Waals surface area contributed by atoms with Gasteiger partial charge in [-0.2, -0.15) is 13.2 Å². The summed E-state index contributed by atoms with van der Waals surface area (Å²) in [6.07, 6.45) is -7.02. The van der Waals surface area contributed by atoms with E-state index in [9.17, 15) is 28.2 Å². The van der Waals surface area contributed by atoms with Crippen molar-refractivity contribution < 1.29 is 32.9 Å². The number of nitrogen functional groups attached to an aromatic ring is 1. The molecule has 1 saturated heterocycles. The van der Waals surface area contributed by atoms with Gasteiger partial charge in [0.05, 0.1) is 12.9 Å². The van der Waals surface area contributed by atoms with Crippen molar-refractivity contribution in [3.63, 3.8) is 0 Å². The number of halogens is 3. The van der Waals surface area contributed by atoms with Crippen molar-refractivity contribution in [1.29, 1.82) is 0 Å². The van der Waals surface area contributed by atoms with E-state index in [1.165, 1.54) is 17.2 Å². The molecule has 1 aliphatic rings. The van der Waals surface area contributed by atoms with Gasteiger partial charge in [0, 0.05) is 25.3 Å². The first-order chi connectivity index (χ1) is 19.2.